The monoisotopic (exact) mass is 217 g/mol. The van der Waals surface area contributed by atoms with Gasteiger partial charge >= 0.3 is 0 Å². The summed E-state index contributed by atoms with van der Waals surface area (Å²) in [5.41, 5.74) is 2.45. The van der Waals surface area contributed by atoms with Gasteiger partial charge in [0, 0.05) is 6.61 Å². The molecule has 0 unspecified atom stereocenters. The van der Waals surface area contributed by atoms with E-state index in [1.54, 1.807) is 0 Å². The summed E-state index contributed by atoms with van der Waals surface area (Å²) in [6, 6.07) is 9.81. The van der Waals surface area contributed by atoms with Crippen LogP contribution in [0.1, 0.15) is 25.3 Å². The number of benzene rings is 1. The molecule has 0 aromatic heterocycles. The van der Waals surface area contributed by atoms with Gasteiger partial charge in [0.1, 0.15) is 0 Å². The molecule has 1 aromatic rings. The van der Waals surface area contributed by atoms with Gasteiger partial charge in [-0.05, 0) is 30.1 Å². The van der Waals surface area contributed by atoms with Crippen LogP contribution in [0.3, 0.4) is 0 Å². The van der Waals surface area contributed by atoms with E-state index in [4.69, 9.17) is 4.43 Å². The molecule has 2 rings (SSSR count). The first kappa shape index (κ1) is 10.6. The SMILES string of the molecule is C=C(C)c1ccccc1[Si]1CCCCO1. The summed E-state index contributed by atoms with van der Waals surface area (Å²) in [6.45, 7) is 7.06. The third-order valence-corrected chi connectivity index (χ3v) is 5.16. The Morgan fingerprint density at radius 3 is 2.80 bits per heavy atom. The number of rotatable bonds is 2. The highest BCUT2D eigenvalue weighted by molar-refractivity contribution is 6.68. The van der Waals surface area contributed by atoms with Crippen LogP contribution in [-0.2, 0) is 4.43 Å². The summed E-state index contributed by atoms with van der Waals surface area (Å²) < 4.78 is 5.92. The van der Waals surface area contributed by atoms with E-state index in [0.717, 1.165) is 12.2 Å². The molecule has 1 heterocycles. The Morgan fingerprint density at radius 2 is 2.13 bits per heavy atom. The lowest BCUT2D eigenvalue weighted by atomic mass is 10.1. The lowest BCUT2D eigenvalue weighted by Crippen LogP contribution is -2.38. The molecule has 79 valence electrons. The van der Waals surface area contributed by atoms with Gasteiger partial charge in [-0.1, -0.05) is 42.8 Å². The molecule has 1 radical (unpaired) electrons. The summed E-state index contributed by atoms with van der Waals surface area (Å²) in [4.78, 5) is 0. The van der Waals surface area contributed by atoms with E-state index in [2.05, 4.69) is 37.8 Å². The van der Waals surface area contributed by atoms with Crippen molar-refractivity contribution in [3.63, 3.8) is 0 Å². The number of hydrogen-bond acceptors (Lipinski definition) is 1. The second kappa shape index (κ2) is 4.77. The van der Waals surface area contributed by atoms with Crippen molar-refractivity contribution in [1.29, 1.82) is 0 Å². The van der Waals surface area contributed by atoms with Crippen molar-refractivity contribution in [3.05, 3.63) is 36.4 Å². The van der Waals surface area contributed by atoms with E-state index in [1.807, 2.05) is 0 Å². The molecular formula is C13H17OSi. The minimum absolute atomic E-state index is 0.761. The third kappa shape index (κ3) is 2.39. The predicted octanol–water partition coefficient (Wildman–Crippen LogP) is 2.73. The second-order valence-electron chi connectivity index (χ2n) is 4.05. The molecule has 15 heavy (non-hydrogen) atoms. The first-order valence-electron chi connectivity index (χ1n) is 5.53. The van der Waals surface area contributed by atoms with Crippen LogP contribution in [0.2, 0.25) is 6.04 Å². The fourth-order valence-electron chi connectivity index (χ4n) is 1.97. The summed E-state index contributed by atoms with van der Waals surface area (Å²) in [5.74, 6) is 0. The van der Waals surface area contributed by atoms with Gasteiger partial charge < -0.3 is 4.43 Å². The summed E-state index contributed by atoms with van der Waals surface area (Å²) in [5, 5.41) is 1.41. The van der Waals surface area contributed by atoms with E-state index in [-0.39, 0.29) is 0 Å². The van der Waals surface area contributed by atoms with Gasteiger partial charge in [-0.3, -0.25) is 0 Å². The van der Waals surface area contributed by atoms with Crippen LogP contribution in [0, 0.1) is 0 Å². The first-order chi connectivity index (χ1) is 7.29. The molecule has 2 heteroatoms. The lowest BCUT2D eigenvalue weighted by molar-refractivity contribution is 0.294. The zero-order chi connectivity index (χ0) is 10.7. The van der Waals surface area contributed by atoms with Crippen LogP contribution in [0.5, 0.6) is 0 Å². The zero-order valence-electron chi connectivity index (χ0n) is 9.25. The molecule has 1 aromatic carbocycles. The average Bonchev–Trinajstić information content (AvgIpc) is 2.30. The van der Waals surface area contributed by atoms with Crippen LogP contribution in [0.4, 0.5) is 0 Å². The maximum absolute atomic E-state index is 5.92. The highest BCUT2D eigenvalue weighted by Gasteiger charge is 2.22. The molecule has 1 aliphatic heterocycles. The van der Waals surface area contributed by atoms with E-state index in [1.165, 1.54) is 29.6 Å². The molecule has 1 nitrogen and oxygen atoms in total. The molecule has 0 spiro atoms. The molecule has 1 saturated heterocycles. The van der Waals surface area contributed by atoms with Gasteiger partial charge in [0.05, 0.1) is 0 Å². The van der Waals surface area contributed by atoms with Crippen LogP contribution >= 0.6 is 0 Å². The number of allylic oxidation sites excluding steroid dienone is 1. The van der Waals surface area contributed by atoms with Gasteiger partial charge in [0.2, 0.25) is 9.04 Å². The fourth-order valence-corrected chi connectivity index (χ4v) is 4.38. The zero-order valence-corrected chi connectivity index (χ0v) is 10.3. The maximum Gasteiger partial charge on any atom is 0.247 e. The largest absolute Gasteiger partial charge is 0.412 e. The molecular weight excluding hydrogens is 200 g/mol. The van der Waals surface area contributed by atoms with Gasteiger partial charge in [-0.2, -0.15) is 0 Å². The lowest BCUT2D eigenvalue weighted by Gasteiger charge is -2.22. The maximum atomic E-state index is 5.92. The van der Waals surface area contributed by atoms with Gasteiger partial charge in [0.25, 0.3) is 0 Å². The Hall–Kier alpha value is -0.863. The Morgan fingerprint density at radius 1 is 1.33 bits per heavy atom. The summed E-state index contributed by atoms with van der Waals surface area (Å²) >= 11 is 0. The molecule has 0 saturated carbocycles. The van der Waals surface area contributed by atoms with Crippen molar-refractivity contribution in [2.24, 2.45) is 0 Å². The minimum Gasteiger partial charge on any atom is -0.412 e. The molecule has 0 N–H and O–H groups in total. The molecule has 0 atom stereocenters. The number of hydrogen-bond donors (Lipinski definition) is 0. The Balaban J connectivity index is 2.29. The normalized spacial score (nSPS) is 17.7. The molecule has 1 fully saturated rings. The van der Waals surface area contributed by atoms with Gasteiger partial charge in [-0.25, -0.2) is 0 Å². The van der Waals surface area contributed by atoms with E-state index in [9.17, 15) is 0 Å². The van der Waals surface area contributed by atoms with Gasteiger partial charge in [-0.15, -0.1) is 0 Å². The van der Waals surface area contributed by atoms with E-state index < -0.39 is 9.04 Å². The van der Waals surface area contributed by atoms with Crippen molar-refractivity contribution in [2.45, 2.75) is 25.8 Å². The first-order valence-corrected chi connectivity index (χ1v) is 7.14. The molecule has 0 aliphatic carbocycles. The molecule has 1 aliphatic rings. The van der Waals surface area contributed by atoms with Crippen LogP contribution < -0.4 is 5.19 Å². The Labute approximate surface area is 93.5 Å². The summed E-state index contributed by atoms with van der Waals surface area (Å²) in [6.07, 6.45) is 2.54. The quantitative estimate of drug-likeness (QED) is 0.692. The van der Waals surface area contributed by atoms with Crippen LogP contribution in [0.25, 0.3) is 5.57 Å². The van der Waals surface area contributed by atoms with E-state index >= 15 is 0 Å². The molecule has 0 amide bonds. The van der Waals surface area contributed by atoms with E-state index in [0.29, 0.717) is 0 Å². The standard InChI is InChI=1S/C13H17OSi/c1-11(2)12-7-3-4-8-13(12)15-10-6-5-9-14-15/h3-4,7-8H,1,5-6,9-10H2,2H3. The predicted molar refractivity (Wildman–Crippen MR) is 66.5 cm³/mol. The Bertz CT molecular complexity index is 353. The third-order valence-electron chi connectivity index (χ3n) is 2.76. The fraction of sp³-hybridized carbons (Fsp3) is 0.385. The van der Waals surface area contributed by atoms with Crippen molar-refractivity contribution >= 4 is 19.8 Å². The van der Waals surface area contributed by atoms with Crippen molar-refractivity contribution < 1.29 is 4.43 Å². The highest BCUT2D eigenvalue weighted by atomic mass is 28.3. The topological polar surface area (TPSA) is 9.23 Å². The van der Waals surface area contributed by atoms with Gasteiger partial charge in [0.15, 0.2) is 0 Å². The minimum atomic E-state index is -0.761. The molecule has 0 bridgehead atoms. The second-order valence-corrected chi connectivity index (χ2v) is 6.23. The van der Waals surface area contributed by atoms with Crippen LogP contribution in [0.15, 0.2) is 30.8 Å². The average molecular weight is 217 g/mol. The highest BCUT2D eigenvalue weighted by Crippen LogP contribution is 2.15. The van der Waals surface area contributed by atoms with Crippen molar-refractivity contribution in [3.8, 4) is 0 Å². The van der Waals surface area contributed by atoms with Crippen LogP contribution in [-0.4, -0.2) is 15.6 Å². The van der Waals surface area contributed by atoms with Crippen molar-refractivity contribution in [2.75, 3.05) is 6.61 Å². The Kier molecular flexibility index (Phi) is 3.39. The van der Waals surface area contributed by atoms with Crippen molar-refractivity contribution in [1.82, 2.24) is 0 Å². The summed E-state index contributed by atoms with van der Waals surface area (Å²) in [7, 11) is -0.761. The smallest absolute Gasteiger partial charge is 0.247 e.